The highest BCUT2D eigenvalue weighted by molar-refractivity contribution is 7.94. The third-order valence-electron chi connectivity index (χ3n) is 2.44. The number of sulfonamides is 1. The van der Waals surface area contributed by atoms with Gasteiger partial charge in [0, 0.05) is 11.0 Å². The molecule has 0 aliphatic rings. The average Bonchev–Trinajstić information content (AvgIpc) is 2.77. The van der Waals surface area contributed by atoms with Crippen molar-refractivity contribution in [1.29, 1.82) is 0 Å². The molecule has 0 saturated carbocycles. The lowest BCUT2D eigenvalue weighted by Crippen LogP contribution is -1.97. The topological polar surface area (TPSA) is 74.0 Å². The van der Waals surface area contributed by atoms with Gasteiger partial charge in [0.2, 0.25) is 10.0 Å². The smallest absolute Gasteiger partial charge is 0.203 e. The highest BCUT2D eigenvalue weighted by atomic mass is 32.2. The molecule has 0 saturated heterocycles. The van der Waals surface area contributed by atoms with Crippen molar-refractivity contribution in [3.05, 3.63) is 39.6 Å². The molecule has 2 aromatic rings. The second-order valence-corrected chi connectivity index (χ2v) is 7.05. The Kier molecular flexibility index (Phi) is 3.86. The molecule has 0 bridgehead atoms. The summed E-state index contributed by atoms with van der Waals surface area (Å²) in [5, 5.41) is 8.65. The molecule has 0 spiro atoms. The summed E-state index contributed by atoms with van der Waals surface area (Å²) in [5.41, 5.74) is 0.997. The van der Waals surface area contributed by atoms with Crippen molar-refractivity contribution in [2.75, 3.05) is 0 Å². The van der Waals surface area contributed by atoms with Crippen LogP contribution in [0.1, 0.15) is 30.3 Å². The Labute approximate surface area is 116 Å². The third kappa shape index (κ3) is 3.30. The van der Waals surface area contributed by atoms with E-state index in [4.69, 9.17) is 0 Å². The predicted octanol–water partition coefficient (Wildman–Crippen LogP) is 3.36. The van der Waals surface area contributed by atoms with Crippen molar-refractivity contribution in [3.63, 3.8) is 0 Å². The molecular formula is C12H14N3O2S2-. The van der Waals surface area contributed by atoms with Crippen LogP contribution in [0.4, 0.5) is 5.13 Å². The molecule has 102 valence electrons. The van der Waals surface area contributed by atoms with Crippen molar-refractivity contribution >= 4 is 26.5 Å². The zero-order valence-electron chi connectivity index (χ0n) is 10.9. The molecular weight excluding hydrogens is 282 g/mol. The number of rotatable bonds is 4. The largest absolute Gasteiger partial charge is 0.342 e. The van der Waals surface area contributed by atoms with Crippen molar-refractivity contribution in [3.8, 4) is 0 Å². The van der Waals surface area contributed by atoms with Crippen LogP contribution in [0, 0.1) is 6.92 Å². The number of hydrogen-bond donors (Lipinski definition) is 0. The van der Waals surface area contributed by atoms with Gasteiger partial charge in [-0.1, -0.05) is 31.5 Å². The van der Waals surface area contributed by atoms with E-state index >= 15 is 0 Å². The molecule has 2 rings (SSSR count). The minimum absolute atomic E-state index is 0.166. The Hall–Kier alpha value is -1.47. The fraction of sp³-hybridized carbons (Fsp3) is 0.333. The van der Waals surface area contributed by atoms with E-state index in [-0.39, 0.29) is 15.9 Å². The SMILES string of the molecule is Cc1ccc(S(=O)(=O)[N-]c2nnc(C(C)C)s2)cc1. The predicted molar refractivity (Wildman–Crippen MR) is 75.4 cm³/mol. The number of aromatic nitrogens is 2. The van der Waals surface area contributed by atoms with Crippen LogP contribution >= 0.6 is 11.3 Å². The van der Waals surface area contributed by atoms with E-state index in [0.29, 0.717) is 0 Å². The molecule has 0 atom stereocenters. The first-order valence-corrected chi connectivity index (χ1v) is 8.02. The zero-order chi connectivity index (χ0) is 14.0. The maximum atomic E-state index is 12.1. The monoisotopic (exact) mass is 296 g/mol. The highest BCUT2D eigenvalue weighted by Gasteiger charge is 2.11. The summed E-state index contributed by atoms with van der Waals surface area (Å²) in [6.07, 6.45) is 0. The van der Waals surface area contributed by atoms with Gasteiger partial charge in [-0.05, 0) is 19.1 Å². The van der Waals surface area contributed by atoms with E-state index < -0.39 is 10.0 Å². The van der Waals surface area contributed by atoms with Crippen LogP contribution in [-0.2, 0) is 10.0 Å². The van der Waals surface area contributed by atoms with Crippen LogP contribution in [0.15, 0.2) is 29.2 Å². The van der Waals surface area contributed by atoms with E-state index in [2.05, 4.69) is 14.9 Å². The second kappa shape index (κ2) is 5.26. The van der Waals surface area contributed by atoms with Gasteiger partial charge in [0.25, 0.3) is 0 Å². The van der Waals surface area contributed by atoms with Crippen molar-refractivity contribution in [2.45, 2.75) is 31.6 Å². The zero-order valence-corrected chi connectivity index (χ0v) is 12.5. The van der Waals surface area contributed by atoms with E-state index in [0.717, 1.165) is 10.6 Å². The molecule has 0 aliphatic heterocycles. The molecule has 0 N–H and O–H groups in total. The van der Waals surface area contributed by atoms with Gasteiger partial charge in [-0.25, -0.2) is 8.42 Å². The summed E-state index contributed by atoms with van der Waals surface area (Å²) in [6.45, 7) is 5.84. The van der Waals surface area contributed by atoms with Gasteiger partial charge in [-0.2, -0.15) is 0 Å². The standard InChI is InChI=1S/C12H14N3O2S2/c1-8(2)11-13-14-12(18-11)15-19(16,17)10-6-4-9(3)5-7-10/h4-8H,1-3H3/q-1. The van der Waals surface area contributed by atoms with Gasteiger partial charge in [-0.3, -0.25) is 5.10 Å². The van der Waals surface area contributed by atoms with Crippen LogP contribution < -0.4 is 0 Å². The molecule has 1 aromatic carbocycles. The van der Waals surface area contributed by atoms with Crippen molar-refractivity contribution in [1.82, 2.24) is 10.2 Å². The van der Waals surface area contributed by atoms with Crippen molar-refractivity contribution < 1.29 is 8.42 Å². The Balaban J connectivity index is 2.23. The van der Waals surface area contributed by atoms with Gasteiger partial charge < -0.3 is 9.82 Å². The molecule has 0 amide bonds. The van der Waals surface area contributed by atoms with E-state index in [1.807, 2.05) is 20.8 Å². The average molecular weight is 296 g/mol. The summed E-state index contributed by atoms with van der Waals surface area (Å²) in [7, 11) is -3.71. The number of nitrogens with zero attached hydrogens (tertiary/aromatic N) is 3. The maximum absolute atomic E-state index is 12.1. The lowest BCUT2D eigenvalue weighted by atomic mass is 10.2. The first-order chi connectivity index (χ1) is 8.88. The van der Waals surface area contributed by atoms with E-state index in [1.165, 1.54) is 11.3 Å². The lowest BCUT2D eigenvalue weighted by Gasteiger charge is -2.11. The molecule has 0 fully saturated rings. The van der Waals surface area contributed by atoms with Gasteiger partial charge in [-0.15, -0.1) is 11.3 Å². The Morgan fingerprint density at radius 2 is 1.79 bits per heavy atom. The normalized spacial score (nSPS) is 11.8. The highest BCUT2D eigenvalue weighted by Crippen LogP contribution is 2.32. The van der Waals surface area contributed by atoms with E-state index in [9.17, 15) is 8.42 Å². The molecule has 0 aliphatic carbocycles. The van der Waals surface area contributed by atoms with Gasteiger partial charge in [0.05, 0.1) is 9.90 Å². The minimum atomic E-state index is -3.71. The summed E-state index contributed by atoms with van der Waals surface area (Å²) >= 11 is 1.20. The number of aryl methyl sites for hydroxylation is 1. The van der Waals surface area contributed by atoms with Gasteiger partial charge in [0.1, 0.15) is 0 Å². The van der Waals surface area contributed by atoms with Crippen LogP contribution in [0.25, 0.3) is 4.72 Å². The molecule has 7 heteroatoms. The summed E-state index contributed by atoms with van der Waals surface area (Å²) in [6, 6.07) is 6.56. The van der Waals surface area contributed by atoms with Crippen LogP contribution in [0.5, 0.6) is 0 Å². The van der Waals surface area contributed by atoms with Gasteiger partial charge >= 0.3 is 0 Å². The first-order valence-electron chi connectivity index (χ1n) is 5.76. The summed E-state index contributed by atoms with van der Waals surface area (Å²) < 4.78 is 27.8. The number of hydrogen-bond acceptors (Lipinski definition) is 5. The Morgan fingerprint density at radius 3 is 2.32 bits per heavy atom. The fourth-order valence-electron chi connectivity index (χ4n) is 1.36. The second-order valence-electron chi connectivity index (χ2n) is 4.46. The minimum Gasteiger partial charge on any atom is -0.342 e. The molecule has 1 heterocycles. The Morgan fingerprint density at radius 1 is 1.16 bits per heavy atom. The molecule has 1 aromatic heterocycles. The molecule has 5 nitrogen and oxygen atoms in total. The van der Waals surface area contributed by atoms with Crippen LogP contribution in [0.2, 0.25) is 0 Å². The fourth-order valence-corrected chi connectivity index (χ4v) is 3.22. The quantitative estimate of drug-likeness (QED) is 0.867. The maximum Gasteiger partial charge on any atom is 0.203 e. The van der Waals surface area contributed by atoms with Gasteiger partial charge in [0.15, 0.2) is 0 Å². The molecule has 19 heavy (non-hydrogen) atoms. The van der Waals surface area contributed by atoms with Crippen LogP contribution in [0.3, 0.4) is 0 Å². The van der Waals surface area contributed by atoms with Crippen LogP contribution in [-0.4, -0.2) is 18.6 Å². The molecule has 0 radical (unpaired) electrons. The summed E-state index contributed by atoms with van der Waals surface area (Å²) in [4.78, 5) is 0.166. The van der Waals surface area contributed by atoms with Crippen molar-refractivity contribution in [2.24, 2.45) is 0 Å². The third-order valence-corrected chi connectivity index (χ3v) is 4.96. The van der Waals surface area contributed by atoms with E-state index in [1.54, 1.807) is 24.3 Å². The summed E-state index contributed by atoms with van der Waals surface area (Å²) in [5.74, 6) is 0.212. The Bertz CT molecular complexity index is 661. The number of benzene rings is 1. The lowest BCUT2D eigenvalue weighted by molar-refractivity contribution is 0.603. The first kappa shape index (κ1) is 14.0. The molecule has 0 unspecified atom stereocenters.